The summed E-state index contributed by atoms with van der Waals surface area (Å²) in [4.78, 5) is 0. The van der Waals surface area contributed by atoms with Crippen molar-refractivity contribution in [3.8, 4) is 12.3 Å². The first-order valence-electron chi connectivity index (χ1n) is 9.26. The van der Waals surface area contributed by atoms with Crippen molar-refractivity contribution in [2.75, 3.05) is 0 Å². The SMILES string of the molecule is C#Cc1c2c(n(/C(C)=C/C=C\C(C)C)c1/C=C\CC)C=CC(C)(C)C2. The van der Waals surface area contributed by atoms with E-state index >= 15 is 0 Å². The Hall–Kier alpha value is -2.20. The molecule has 1 aromatic heterocycles. The van der Waals surface area contributed by atoms with Gasteiger partial charge in [-0.3, -0.25) is 0 Å². The summed E-state index contributed by atoms with van der Waals surface area (Å²) in [5.41, 5.74) is 6.03. The molecule has 0 amide bonds. The molecular formula is C24H31N. The lowest BCUT2D eigenvalue weighted by Crippen LogP contribution is -2.16. The predicted octanol–water partition coefficient (Wildman–Crippen LogP) is 6.56. The van der Waals surface area contributed by atoms with Gasteiger partial charge in [-0.1, -0.05) is 64.8 Å². The first-order chi connectivity index (χ1) is 11.8. The maximum Gasteiger partial charge on any atom is 0.0615 e. The molecule has 1 nitrogen and oxygen atoms in total. The number of terminal acetylenes is 1. The molecule has 0 spiro atoms. The Morgan fingerprint density at radius 2 is 2.12 bits per heavy atom. The Labute approximate surface area is 153 Å². The summed E-state index contributed by atoms with van der Waals surface area (Å²) in [7, 11) is 0. The average molecular weight is 334 g/mol. The van der Waals surface area contributed by atoms with E-state index in [1.54, 1.807) is 0 Å². The largest absolute Gasteiger partial charge is 0.313 e. The van der Waals surface area contributed by atoms with Crippen molar-refractivity contribution >= 4 is 17.8 Å². The molecule has 0 unspecified atom stereocenters. The second-order valence-electron chi connectivity index (χ2n) is 7.85. The highest BCUT2D eigenvalue weighted by atomic mass is 15.0. The van der Waals surface area contributed by atoms with Crippen molar-refractivity contribution in [3.63, 3.8) is 0 Å². The highest BCUT2D eigenvalue weighted by Crippen LogP contribution is 2.38. The zero-order chi connectivity index (χ0) is 18.6. The smallest absolute Gasteiger partial charge is 0.0615 e. The lowest BCUT2D eigenvalue weighted by Gasteiger charge is -2.25. The van der Waals surface area contributed by atoms with Crippen molar-refractivity contribution in [1.29, 1.82) is 0 Å². The van der Waals surface area contributed by atoms with E-state index in [0.717, 1.165) is 24.1 Å². The first kappa shape index (κ1) is 19.1. The standard InChI is InChI=1S/C24H31N/c1-8-10-14-22-20(9-2)21-17-24(6,7)16-15-23(21)25(22)19(5)13-11-12-18(3)4/h2,10-16,18H,8,17H2,1,3-7H3/b12-11-,14-10-,19-13+. The maximum atomic E-state index is 5.93. The topological polar surface area (TPSA) is 4.93 Å². The highest BCUT2D eigenvalue weighted by Gasteiger charge is 2.28. The van der Waals surface area contributed by atoms with Gasteiger partial charge in [0.15, 0.2) is 0 Å². The van der Waals surface area contributed by atoms with Gasteiger partial charge in [0, 0.05) is 5.70 Å². The van der Waals surface area contributed by atoms with Gasteiger partial charge in [-0.25, -0.2) is 0 Å². The van der Waals surface area contributed by atoms with Gasteiger partial charge >= 0.3 is 0 Å². The van der Waals surface area contributed by atoms with Crippen LogP contribution in [0.15, 0.2) is 30.4 Å². The molecule has 0 saturated heterocycles. The van der Waals surface area contributed by atoms with Crippen molar-refractivity contribution in [3.05, 3.63) is 52.9 Å². The van der Waals surface area contributed by atoms with Gasteiger partial charge in [-0.2, -0.15) is 0 Å². The molecule has 1 aliphatic carbocycles. The number of rotatable bonds is 5. The molecular weight excluding hydrogens is 302 g/mol. The summed E-state index contributed by atoms with van der Waals surface area (Å²) < 4.78 is 2.31. The van der Waals surface area contributed by atoms with Crippen LogP contribution < -0.4 is 0 Å². The minimum atomic E-state index is 0.145. The van der Waals surface area contributed by atoms with E-state index in [1.165, 1.54) is 17.0 Å². The van der Waals surface area contributed by atoms with E-state index in [-0.39, 0.29) is 5.41 Å². The molecule has 0 bridgehead atoms. The molecule has 0 aromatic carbocycles. The van der Waals surface area contributed by atoms with Gasteiger partial charge in [-0.15, -0.1) is 6.42 Å². The van der Waals surface area contributed by atoms with Gasteiger partial charge < -0.3 is 4.57 Å². The van der Waals surface area contributed by atoms with Crippen LogP contribution in [0.5, 0.6) is 0 Å². The van der Waals surface area contributed by atoms with Crippen LogP contribution in [0.2, 0.25) is 0 Å². The van der Waals surface area contributed by atoms with Crippen LogP contribution in [0.1, 0.15) is 70.5 Å². The van der Waals surface area contributed by atoms with Crippen molar-refractivity contribution in [1.82, 2.24) is 4.57 Å². The summed E-state index contributed by atoms with van der Waals surface area (Å²) in [6.45, 7) is 13.2. The van der Waals surface area contributed by atoms with Gasteiger partial charge in [-0.05, 0) is 54.9 Å². The van der Waals surface area contributed by atoms with E-state index in [9.17, 15) is 0 Å². The van der Waals surface area contributed by atoms with Crippen LogP contribution in [0.3, 0.4) is 0 Å². The predicted molar refractivity (Wildman–Crippen MR) is 112 cm³/mol. The zero-order valence-electron chi connectivity index (χ0n) is 16.6. The fraction of sp³-hybridized carbons (Fsp3) is 0.417. The minimum absolute atomic E-state index is 0.145. The molecule has 1 aromatic rings. The van der Waals surface area contributed by atoms with Gasteiger partial charge in [0.1, 0.15) is 0 Å². The molecule has 1 heterocycles. The Balaban J connectivity index is 2.67. The summed E-state index contributed by atoms with van der Waals surface area (Å²) in [6.07, 6.45) is 23.4. The van der Waals surface area contributed by atoms with Crippen LogP contribution in [0.25, 0.3) is 17.8 Å². The molecule has 1 heteroatoms. The van der Waals surface area contributed by atoms with E-state index in [4.69, 9.17) is 6.42 Å². The Morgan fingerprint density at radius 1 is 1.40 bits per heavy atom. The molecule has 0 fully saturated rings. The Kier molecular flexibility index (Phi) is 5.96. The van der Waals surface area contributed by atoms with Crippen LogP contribution in [0.4, 0.5) is 0 Å². The molecule has 2 rings (SSSR count). The highest BCUT2D eigenvalue weighted by molar-refractivity contribution is 5.74. The monoisotopic (exact) mass is 333 g/mol. The summed E-state index contributed by atoms with van der Waals surface area (Å²) >= 11 is 0. The van der Waals surface area contributed by atoms with Crippen molar-refractivity contribution in [2.24, 2.45) is 11.3 Å². The fourth-order valence-electron chi connectivity index (χ4n) is 3.25. The molecule has 25 heavy (non-hydrogen) atoms. The van der Waals surface area contributed by atoms with Crippen molar-refractivity contribution in [2.45, 2.75) is 54.4 Å². The molecule has 132 valence electrons. The minimum Gasteiger partial charge on any atom is -0.313 e. The molecule has 0 aliphatic heterocycles. The number of hydrogen-bond acceptors (Lipinski definition) is 0. The number of allylic oxidation sites excluding steroid dienone is 6. The van der Waals surface area contributed by atoms with Crippen LogP contribution >= 0.6 is 0 Å². The van der Waals surface area contributed by atoms with E-state index in [0.29, 0.717) is 5.92 Å². The molecule has 0 atom stereocenters. The van der Waals surface area contributed by atoms with Crippen LogP contribution in [0, 0.1) is 23.7 Å². The lowest BCUT2D eigenvalue weighted by molar-refractivity contribution is 0.474. The van der Waals surface area contributed by atoms with Crippen LogP contribution in [-0.4, -0.2) is 4.57 Å². The fourth-order valence-corrected chi connectivity index (χ4v) is 3.25. The molecule has 1 aliphatic rings. The Morgan fingerprint density at radius 3 is 2.72 bits per heavy atom. The second kappa shape index (κ2) is 7.79. The third kappa shape index (κ3) is 4.26. The van der Waals surface area contributed by atoms with E-state index in [1.807, 2.05) is 0 Å². The second-order valence-corrected chi connectivity index (χ2v) is 7.85. The lowest BCUT2D eigenvalue weighted by atomic mass is 9.80. The summed E-state index contributed by atoms with van der Waals surface area (Å²) in [6, 6.07) is 0. The third-order valence-corrected chi connectivity index (χ3v) is 4.52. The molecule has 0 N–H and O–H groups in total. The maximum absolute atomic E-state index is 5.93. The summed E-state index contributed by atoms with van der Waals surface area (Å²) in [5.74, 6) is 3.51. The van der Waals surface area contributed by atoms with Gasteiger partial charge in [0.05, 0.1) is 17.0 Å². The molecule has 0 radical (unpaired) electrons. The van der Waals surface area contributed by atoms with Gasteiger partial charge in [0.2, 0.25) is 0 Å². The summed E-state index contributed by atoms with van der Waals surface area (Å²) in [5, 5.41) is 0. The van der Waals surface area contributed by atoms with E-state index in [2.05, 4.69) is 94.6 Å². The third-order valence-electron chi connectivity index (χ3n) is 4.52. The van der Waals surface area contributed by atoms with Crippen molar-refractivity contribution < 1.29 is 0 Å². The zero-order valence-corrected chi connectivity index (χ0v) is 16.6. The first-order valence-corrected chi connectivity index (χ1v) is 9.26. The van der Waals surface area contributed by atoms with Crippen LogP contribution in [-0.2, 0) is 6.42 Å². The number of fused-ring (bicyclic) bond motifs is 1. The molecule has 0 saturated carbocycles. The van der Waals surface area contributed by atoms with Gasteiger partial charge in [0.25, 0.3) is 0 Å². The quantitative estimate of drug-likeness (QED) is 0.425. The van der Waals surface area contributed by atoms with E-state index < -0.39 is 0 Å². The number of aromatic nitrogens is 1. The normalized spacial score (nSPS) is 16.8. The number of nitrogens with zero attached hydrogens (tertiary/aromatic N) is 1. The average Bonchev–Trinajstić information content (AvgIpc) is 2.83. The Bertz CT molecular complexity index is 783. The number of hydrogen-bond donors (Lipinski definition) is 0.